The summed E-state index contributed by atoms with van der Waals surface area (Å²) in [5.41, 5.74) is 6.48. The summed E-state index contributed by atoms with van der Waals surface area (Å²) in [7, 11) is 0. The zero-order chi connectivity index (χ0) is 14.4. The maximum atomic E-state index is 11.9. The number of rotatable bonds is 7. The van der Waals surface area contributed by atoms with Gasteiger partial charge in [-0.15, -0.1) is 0 Å². The van der Waals surface area contributed by atoms with Gasteiger partial charge in [0.15, 0.2) is 0 Å². The maximum absolute atomic E-state index is 11.9. The van der Waals surface area contributed by atoms with E-state index in [0.717, 1.165) is 5.69 Å². The van der Waals surface area contributed by atoms with Crippen molar-refractivity contribution in [2.45, 2.75) is 38.8 Å². The van der Waals surface area contributed by atoms with Crippen LogP contribution < -0.4 is 11.1 Å². The second-order valence-corrected chi connectivity index (χ2v) is 4.60. The summed E-state index contributed by atoms with van der Waals surface area (Å²) >= 11 is 0. The Morgan fingerprint density at radius 3 is 2.74 bits per heavy atom. The Morgan fingerprint density at radius 1 is 1.58 bits per heavy atom. The van der Waals surface area contributed by atoms with Crippen molar-refractivity contribution in [2.75, 3.05) is 0 Å². The van der Waals surface area contributed by atoms with Gasteiger partial charge in [0.2, 0.25) is 5.91 Å². The molecule has 1 rings (SSSR count). The fourth-order valence-corrected chi connectivity index (χ4v) is 1.67. The quantitative estimate of drug-likeness (QED) is 0.550. The molecule has 3 atom stereocenters. The van der Waals surface area contributed by atoms with Crippen LogP contribution in [0.1, 0.15) is 26.0 Å². The molecule has 19 heavy (non-hydrogen) atoms. The summed E-state index contributed by atoms with van der Waals surface area (Å²) in [5.74, 6) is -1.67. The van der Waals surface area contributed by atoms with Crippen molar-refractivity contribution in [1.82, 2.24) is 15.3 Å². The summed E-state index contributed by atoms with van der Waals surface area (Å²) < 4.78 is 0. The minimum absolute atomic E-state index is 0.152. The Kier molecular flexibility index (Phi) is 5.50. The SMILES string of the molecule is CC[C@H](C)[C@H](NC(=O)[C@H](N)Cc1cnc[nH]1)C(=O)O. The van der Waals surface area contributed by atoms with Gasteiger partial charge < -0.3 is 21.1 Å². The highest BCUT2D eigenvalue weighted by atomic mass is 16.4. The van der Waals surface area contributed by atoms with E-state index >= 15 is 0 Å². The number of hydrogen-bond donors (Lipinski definition) is 4. The van der Waals surface area contributed by atoms with Crippen molar-refractivity contribution in [3.05, 3.63) is 18.2 Å². The average Bonchev–Trinajstić information content (AvgIpc) is 2.86. The number of H-pyrrole nitrogens is 1. The normalized spacial score (nSPS) is 15.5. The molecule has 0 unspecified atom stereocenters. The molecule has 0 saturated carbocycles. The minimum Gasteiger partial charge on any atom is -0.480 e. The van der Waals surface area contributed by atoms with Gasteiger partial charge in [0, 0.05) is 18.3 Å². The van der Waals surface area contributed by atoms with Gasteiger partial charge >= 0.3 is 5.97 Å². The molecule has 7 heteroatoms. The molecule has 0 saturated heterocycles. The number of amides is 1. The number of carboxylic acid groups (broad SMARTS) is 1. The molecule has 0 aliphatic rings. The average molecular weight is 268 g/mol. The van der Waals surface area contributed by atoms with E-state index in [-0.39, 0.29) is 5.92 Å². The van der Waals surface area contributed by atoms with E-state index in [1.807, 2.05) is 6.92 Å². The number of aromatic nitrogens is 2. The Labute approximate surface area is 111 Å². The van der Waals surface area contributed by atoms with E-state index in [9.17, 15) is 9.59 Å². The van der Waals surface area contributed by atoms with Crippen molar-refractivity contribution in [3.63, 3.8) is 0 Å². The molecule has 1 amide bonds. The lowest BCUT2D eigenvalue weighted by Crippen LogP contribution is -2.51. The molecule has 5 N–H and O–H groups in total. The predicted molar refractivity (Wildman–Crippen MR) is 69.3 cm³/mol. The fourth-order valence-electron chi connectivity index (χ4n) is 1.67. The molecule has 106 valence electrons. The van der Waals surface area contributed by atoms with E-state index in [1.54, 1.807) is 13.1 Å². The van der Waals surface area contributed by atoms with Crippen LogP contribution in [0.2, 0.25) is 0 Å². The number of hydrogen-bond acceptors (Lipinski definition) is 4. The second kappa shape index (κ2) is 6.89. The van der Waals surface area contributed by atoms with E-state index in [2.05, 4.69) is 15.3 Å². The van der Waals surface area contributed by atoms with Crippen LogP contribution in [0.4, 0.5) is 0 Å². The summed E-state index contributed by atoms with van der Waals surface area (Å²) in [5, 5.41) is 11.6. The molecule has 0 spiro atoms. The Bertz CT molecular complexity index is 419. The number of aliphatic carboxylic acids is 1. The van der Waals surface area contributed by atoms with E-state index in [4.69, 9.17) is 10.8 Å². The lowest BCUT2D eigenvalue weighted by molar-refractivity contribution is -0.143. The smallest absolute Gasteiger partial charge is 0.326 e. The first kappa shape index (κ1) is 15.2. The molecule has 1 heterocycles. The highest BCUT2D eigenvalue weighted by Crippen LogP contribution is 2.08. The number of nitrogens with one attached hydrogen (secondary N) is 2. The van der Waals surface area contributed by atoms with Crippen molar-refractivity contribution in [1.29, 1.82) is 0 Å². The minimum atomic E-state index is -1.04. The van der Waals surface area contributed by atoms with Gasteiger partial charge in [-0.2, -0.15) is 0 Å². The van der Waals surface area contributed by atoms with Crippen LogP contribution in [0.5, 0.6) is 0 Å². The van der Waals surface area contributed by atoms with Crippen LogP contribution >= 0.6 is 0 Å². The lowest BCUT2D eigenvalue weighted by atomic mass is 9.98. The van der Waals surface area contributed by atoms with Crippen LogP contribution in [-0.2, 0) is 16.0 Å². The van der Waals surface area contributed by atoms with Crippen molar-refractivity contribution < 1.29 is 14.7 Å². The molecule has 0 aliphatic heterocycles. The third-order valence-corrected chi connectivity index (χ3v) is 3.11. The predicted octanol–water partition coefficient (Wildman–Crippen LogP) is -0.105. The monoisotopic (exact) mass is 268 g/mol. The molecule has 0 radical (unpaired) electrons. The molecule has 0 fully saturated rings. The highest BCUT2D eigenvalue weighted by Gasteiger charge is 2.27. The molecule has 7 nitrogen and oxygen atoms in total. The van der Waals surface area contributed by atoms with Crippen molar-refractivity contribution >= 4 is 11.9 Å². The summed E-state index contributed by atoms with van der Waals surface area (Å²) in [4.78, 5) is 29.6. The Balaban J connectivity index is 2.58. The Hall–Kier alpha value is -1.89. The fraction of sp³-hybridized carbons (Fsp3) is 0.583. The second-order valence-electron chi connectivity index (χ2n) is 4.60. The third-order valence-electron chi connectivity index (χ3n) is 3.11. The van der Waals surface area contributed by atoms with Gasteiger partial charge in [-0.1, -0.05) is 20.3 Å². The van der Waals surface area contributed by atoms with Crippen molar-refractivity contribution in [2.24, 2.45) is 11.7 Å². The van der Waals surface area contributed by atoms with Crippen LogP contribution in [0.15, 0.2) is 12.5 Å². The van der Waals surface area contributed by atoms with Gasteiger partial charge in [0.25, 0.3) is 0 Å². The third kappa shape index (κ3) is 4.36. The number of aromatic amines is 1. The zero-order valence-corrected chi connectivity index (χ0v) is 11.1. The summed E-state index contributed by atoms with van der Waals surface area (Å²) in [6, 6.07) is -1.71. The van der Waals surface area contributed by atoms with Gasteiger partial charge in [0.1, 0.15) is 6.04 Å². The van der Waals surface area contributed by atoms with Gasteiger partial charge in [-0.3, -0.25) is 4.79 Å². The number of imidazole rings is 1. The van der Waals surface area contributed by atoms with Gasteiger partial charge in [0.05, 0.1) is 12.4 Å². The highest BCUT2D eigenvalue weighted by molar-refractivity contribution is 5.87. The van der Waals surface area contributed by atoms with E-state index in [0.29, 0.717) is 12.8 Å². The molecule has 0 aliphatic carbocycles. The molecular weight excluding hydrogens is 248 g/mol. The lowest BCUT2D eigenvalue weighted by Gasteiger charge is -2.22. The number of carboxylic acids is 1. The molecule has 1 aromatic rings. The first-order chi connectivity index (χ1) is 8.95. The van der Waals surface area contributed by atoms with E-state index in [1.165, 1.54) is 6.33 Å². The maximum Gasteiger partial charge on any atom is 0.326 e. The zero-order valence-electron chi connectivity index (χ0n) is 11.1. The summed E-state index contributed by atoms with van der Waals surface area (Å²) in [6.45, 7) is 3.65. The van der Waals surface area contributed by atoms with Crippen LogP contribution in [0.3, 0.4) is 0 Å². The van der Waals surface area contributed by atoms with Crippen molar-refractivity contribution in [3.8, 4) is 0 Å². The summed E-state index contributed by atoms with van der Waals surface area (Å²) in [6.07, 6.45) is 4.03. The van der Waals surface area contributed by atoms with E-state index < -0.39 is 24.0 Å². The van der Waals surface area contributed by atoms with Gasteiger partial charge in [-0.25, -0.2) is 9.78 Å². The largest absolute Gasteiger partial charge is 0.480 e. The molecule has 0 aromatic carbocycles. The number of nitrogens with two attached hydrogens (primary N) is 1. The molecular formula is C12H20N4O3. The molecule has 0 bridgehead atoms. The topological polar surface area (TPSA) is 121 Å². The van der Waals surface area contributed by atoms with Crippen LogP contribution in [0, 0.1) is 5.92 Å². The number of carbonyl (C=O) groups is 2. The number of carbonyl (C=O) groups excluding carboxylic acids is 1. The first-order valence-corrected chi connectivity index (χ1v) is 6.21. The van der Waals surface area contributed by atoms with Gasteiger partial charge in [-0.05, 0) is 5.92 Å². The Morgan fingerprint density at radius 2 is 2.26 bits per heavy atom. The number of nitrogens with zero attached hydrogens (tertiary/aromatic N) is 1. The van der Waals surface area contributed by atoms with Crippen LogP contribution in [-0.4, -0.2) is 39.0 Å². The standard InChI is InChI=1S/C12H20N4O3/c1-3-7(2)10(12(18)19)16-11(17)9(13)4-8-5-14-6-15-8/h5-7,9-10H,3-4,13H2,1-2H3,(H,14,15)(H,16,17)(H,18,19)/t7-,9+,10-/m0/s1. The molecule has 1 aromatic heterocycles. The van der Waals surface area contributed by atoms with Crippen LogP contribution in [0.25, 0.3) is 0 Å². The first-order valence-electron chi connectivity index (χ1n) is 6.21.